The first-order valence-corrected chi connectivity index (χ1v) is 7.17. The average molecular weight is 275 g/mol. The van der Waals surface area contributed by atoms with Crippen LogP contribution in [-0.2, 0) is 22.5 Å². The zero-order valence-electron chi connectivity index (χ0n) is 13.1. The molecule has 1 aromatic carbocycles. The predicted octanol–water partition coefficient (Wildman–Crippen LogP) is 2.93. The number of carbonyl (C=O) groups is 1. The quantitative estimate of drug-likeness (QED) is 0.840. The molecule has 0 heterocycles. The first-order chi connectivity index (χ1) is 9.30. The van der Waals surface area contributed by atoms with E-state index in [0.29, 0.717) is 23.3 Å². The summed E-state index contributed by atoms with van der Waals surface area (Å²) in [6, 6.07) is 8.57. The van der Waals surface area contributed by atoms with E-state index in [4.69, 9.17) is 4.74 Å². The van der Waals surface area contributed by atoms with Crippen LogP contribution >= 0.6 is 0 Å². The Balaban J connectivity index is 2.02. The monoisotopic (exact) mass is 275 g/mol. The van der Waals surface area contributed by atoms with E-state index in [1.807, 2.05) is 18.2 Å². The van der Waals surface area contributed by atoms with Crippen molar-refractivity contribution in [3.63, 3.8) is 0 Å². The highest BCUT2D eigenvalue weighted by molar-refractivity contribution is 5.72. The second kappa shape index (κ2) is 5.21. The largest absolute Gasteiger partial charge is 0.469 e. The lowest BCUT2D eigenvalue weighted by molar-refractivity contribution is -0.139. The molecule has 0 amide bonds. The third kappa shape index (κ3) is 2.59. The van der Waals surface area contributed by atoms with Crippen molar-refractivity contribution >= 4 is 5.97 Å². The van der Waals surface area contributed by atoms with Crippen molar-refractivity contribution in [1.29, 1.82) is 0 Å². The van der Waals surface area contributed by atoms with Crippen molar-refractivity contribution in [2.45, 2.75) is 46.7 Å². The lowest BCUT2D eigenvalue weighted by Gasteiger charge is -2.11. The first kappa shape index (κ1) is 15.0. The topological polar surface area (TPSA) is 38.3 Å². The summed E-state index contributed by atoms with van der Waals surface area (Å²) in [5.41, 5.74) is 2.87. The van der Waals surface area contributed by atoms with Gasteiger partial charge in [-0.05, 0) is 22.0 Å². The molecular weight excluding hydrogens is 250 g/mol. The van der Waals surface area contributed by atoms with Crippen molar-refractivity contribution in [3.05, 3.63) is 35.4 Å². The Kier molecular flexibility index (Phi) is 3.92. The van der Waals surface area contributed by atoms with Crippen molar-refractivity contribution in [3.8, 4) is 0 Å². The minimum absolute atomic E-state index is 0.190. The van der Waals surface area contributed by atoms with E-state index in [2.05, 4.69) is 39.1 Å². The third-order valence-electron chi connectivity index (χ3n) is 5.20. The van der Waals surface area contributed by atoms with Gasteiger partial charge in [-0.25, -0.2) is 0 Å². The number of carbonyl (C=O) groups excluding carboxylic acids is 1. The number of benzene rings is 1. The van der Waals surface area contributed by atoms with Crippen LogP contribution in [0.2, 0.25) is 0 Å². The lowest BCUT2D eigenvalue weighted by Crippen LogP contribution is -2.22. The molecule has 0 radical (unpaired) electrons. The molecule has 1 aliphatic carbocycles. The molecule has 0 saturated heterocycles. The Labute approximate surface area is 121 Å². The molecule has 1 N–H and O–H groups in total. The fraction of sp³-hybridized carbons (Fsp3) is 0.588. The van der Waals surface area contributed by atoms with Crippen LogP contribution in [0.3, 0.4) is 0 Å². The summed E-state index contributed by atoms with van der Waals surface area (Å²) in [5.74, 6) is -0.190. The fourth-order valence-electron chi connectivity index (χ4n) is 3.05. The summed E-state index contributed by atoms with van der Waals surface area (Å²) in [6.07, 6.45) is 0.339. The summed E-state index contributed by atoms with van der Waals surface area (Å²) in [4.78, 5) is 11.4. The molecule has 0 atom stereocenters. The fourth-order valence-corrected chi connectivity index (χ4v) is 3.05. The second-order valence-corrected chi connectivity index (χ2v) is 6.78. The molecule has 0 unspecified atom stereocenters. The zero-order chi connectivity index (χ0) is 15.0. The van der Waals surface area contributed by atoms with Crippen LogP contribution in [0.4, 0.5) is 0 Å². The summed E-state index contributed by atoms with van der Waals surface area (Å²) < 4.78 is 4.75. The number of hydrogen-bond acceptors (Lipinski definition) is 3. The molecule has 1 saturated carbocycles. The van der Waals surface area contributed by atoms with Crippen LogP contribution in [0.1, 0.15) is 38.8 Å². The van der Waals surface area contributed by atoms with Crippen LogP contribution < -0.4 is 5.32 Å². The normalized spacial score (nSPS) is 19.6. The number of esters is 1. The summed E-state index contributed by atoms with van der Waals surface area (Å²) in [7, 11) is 1.43. The second-order valence-electron chi connectivity index (χ2n) is 6.78. The maximum absolute atomic E-state index is 11.4. The maximum Gasteiger partial charge on any atom is 0.309 e. The summed E-state index contributed by atoms with van der Waals surface area (Å²) in [5, 5.41) is 3.63. The smallest absolute Gasteiger partial charge is 0.309 e. The highest BCUT2D eigenvalue weighted by Gasteiger charge is 2.64. The molecule has 0 aromatic heterocycles. The number of rotatable bonds is 5. The highest BCUT2D eigenvalue weighted by Crippen LogP contribution is 2.62. The van der Waals surface area contributed by atoms with Crippen molar-refractivity contribution in [2.75, 3.05) is 7.11 Å². The van der Waals surface area contributed by atoms with Gasteiger partial charge < -0.3 is 10.1 Å². The van der Waals surface area contributed by atoms with Crippen LogP contribution in [0.5, 0.6) is 0 Å². The number of ether oxygens (including phenoxy) is 1. The lowest BCUT2D eigenvalue weighted by atomic mass is 10.0. The van der Waals surface area contributed by atoms with E-state index < -0.39 is 0 Å². The van der Waals surface area contributed by atoms with Gasteiger partial charge >= 0.3 is 5.97 Å². The molecule has 3 heteroatoms. The van der Waals surface area contributed by atoms with Gasteiger partial charge in [0.2, 0.25) is 0 Å². The highest BCUT2D eigenvalue weighted by atomic mass is 16.5. The van der Waals surface area contributed by atoms with Gasteiger partial charge in [0, 0.05) is 12.6 Å². The zero-order valence-corrected chi connectivity index (χ0v) is 13.1. The van der Waals surface area contributed by atoms with Crippen LogP contribution in [0, 0.1) is 10.8 Å². The molecule has 0 bridgehead atoms. The molecule has 0 aliphatic heterocycles. The molecule has 20 heavy (non-hydrogen) atoms. The SMILES string of the molecule is COC(=O)Cc1ccccc1CNC1C(C)(C)C1(C)C. The minimum atomic E-state index is -0.190. The Bertz CT molecular complexity index is 491. The minimum Gasteiger partial charge on any atom is -0.469 e. The Morgan fingerprint density at radius 2 is 1.70 bits per heavy atom. The molecule has 1 fully saturated rings. The average Bonchev–Trinajstić information content (AvgIpc) is 2.78. The number of nitrogens with one attached hydrogen (secondary N) is 1. The van der Waals surface area contributed by atoms with Gasteiger partial charge in [-0.15, -0.1) is 0 Å². The van der Waals surface area contributed by atoms with Gasteiger partial charge in [-0.2, -0.15) is 0 Å². The summed E-state index contributed by atoms with van der Waals surface area (Å²) >= 11 is 0. The van der Waals surface area contributed by atoms with E-state index in [9.17, 15) is 4.79 Å². The molecular formula is C17H25NO2. The molecule has 0 spiro atoms. The van der Waals surface area contributed by atoms with Crippen molar-refractivity contribution < 1.29 is 9.53 Å². The Morgan fingerprint density at radius 3 is 2.20 bits per heavy atom. The molecule has 1 aliphatic rings. The first-order valence-electron chi connectivity index (χ1n) is 7.17. The van der Waals surface area contributed by atoms with E-state index in [-0.39, 0.29) is 5.97 Å². The Hall–Kier alpha value is -1.35. The number of hydrogen-bond donors (Lipinski definition) is 1. The molecule has 2 rings (SSSR count). The van der Waals surface area contributed by atoms with Crippen molar-refractivity contribution in [2.24, 2.45) is 10.8 Å². The van der Waals surface area contributed by atoms with Gasteiger partial charge in [0.1, 0.15) is 0 Å². The van der Waals surface area contributed by atoms with E-state index in [0.717, 1.165) is 12.1 Å². The van der Waals surface area contributed by atoms with E-state index in [1.165, 1.54) is 12.7 Å². The van der Waals surface area contributed by atoms with E-state index >= 15 is 0 Å². The Morgan fingerprint density at radius 1 is 1.15 bits per heavy atom. The van der Waals surface area contributed by atoms with Gasteiger partial charge in [0.05, 0.1) is 13.5 Å². The molecule has 110 valence electrons. The summed E-state index contributed by atoms with van der Waals surface area (Å²) in [6.45, 7) is 9.98. The van der Waals surface area contributed by atoms with Crippen LogP contribution in [0.15, 0.2) is 24.3 Å². The number of methoxy groups -OCH3 is 1. The maximum atomic E-state index is 11.4. The van der Waals surface area contributed by atoms with Gasteiger partial charge in [-0.3, -0.25) is 4.79 Å². The van der Waals surface area contributed by atoms with Crippen LogP contribution in [0.25, 0.3) is 0 Å². The van der Waals surface area contributed by atoms with Gasteiger partial charge in [0.15, 0.2) is 0 Å². The molecule has 1 aromatic rings. The van der Waals surface area contributed by atoms with Gasteiger partial charge in [-0.1, -0.05) is 52.0 Å². The van der Waals surface area contributed by atoms with Crippen molar-refractivity contribution in [1.82, 2.24) is 5.32 Å². The van der Waals surface area contributed by atoms with Crippen LogP contribution in [-0.4, -0.2) is 19.1 Å². The standard InChI is InChI=1S/C17H25NO2/c1-16(2)15(17(16,3)4)18-11-13-9-7-6-8-12(13)10-14(19)20-5/h6-9,15,18H,10-11H2,1-5H3. The molecule has 3 nitrogen and oxygen atoms in total. The third-order valence-corrected chi connectivity index (χ3v) is 5.20. The predicted molar refractivity (Wildman–Crippen MR) is 80.4 cm³/mol. The van der Waals surface area contributed by atoms with Gasteiger partial charge in [0.25, 0.3) is 0 Å². The van der Waals surface area contributed by atoms with E-state index in [1.54, 1.807) is 0 Å².